The number of para-hydroxylation sites is 1. The topological polar surface area (TPSA) is 99.7 Å². The minimum atomic E-state index is -3.00. The minimum Gasteiger partial charge on any atom is -0.357 e. The van der Waals surface area contributed by atoms with E-state index in [2.05, 4.69) is 20.9 Å². The number of carbonyl (C=O) groups excluding carboxylic acids is 1. The predicted molar refractivity (Wildman–Crippen MR) is 108 cm³/mol. The third-order valence-electron chi connectivity index (χ3n) is 5.06. The average molecular weight is 393 g/mol. The van der Waals surface area contributed by atoms with Crippen molar-refractivity contribution >= 4 is 27.4 Å². The Kier molecular flexibility index (Phi) is 5.74. The number of guanidine groups is 1. The van der Waals surface area contributed by atoms with E-state index in [1.165, 1.54) is 6.26 Å². The van der Waals surface area contributed by atoms with Crippen molar-refractivity contribution < 1.29 is 13.2 Å². The number of nitrogens with zero attached hydrogens (tertiary/aromatic N) is 1. The fraction of sp³-hybridized carbons (Fsp3) is 0.579. The van der Waals surface area contributed by atoms with Gasteiger partial charge < -0.3 is 16.0 Å². The summed E-state index contributed by atoms with van der Waals surface area (Å²) < 4.78 is 23.2. The molecule has 0 bridgehead atoms. The second-order valence-electron chi connectivity index (χ2n) is 7.68. The average Bonchev–Trinajstić information content (AvgIpc) is 3.34. The summed E-state index contributed by atoms with van der Waals surface area (Å²) in [5.41, 5.74) is 1.79. The first kappa shape index (κ1) is 19.7. The predicted octanol–water partition coefficient (Wildman–Crippen LogP) is 1.49. The molecule has 1 saturated carbocycles. The molecule has 1 fully saturated rings. The van der Waals surface area contributed by atoms with Crippen LogP contribution < -0.4 is 16.0 Å². The van der Waals surface area contributed by atoms with E-state index in [0.717, 1.165) is 24.1 Å². The number of amides is 1. The largest absolute Gasteiger partial charge is 0.357 e. The lowest BCUT2D eigenvalue weighted by atomic mass is 9.90. The molecule has 3 N–H and O–H groups in total. The fourth-order valence-electron chi connectivity index (χ4n) is 3.57. The Labute approximate surface area is 160 Å². The molecule has 0 saturated heterocycles. The maximum atomic E-state index is 12.0. The van der Waals surface area contributed by atoms with E-state index in [1.54, 1.807) is 0 Å². The number of aliphatic imine (C=N–C) groups is 1. The molecule has 1 aliphatic heterocycles. The number of fused-ring (bicyclic) bond motifs is 1. The van der Waals surface area contributed by atoms with Crippen LogP contribution in [-0.2, 0) is 14.6 Å². The summed E-state index contributed by atoms with van der Waals surface area (Å²) in [6.07, 6.45) is 3.52. The Hall–Kier alpha value is -2.09. The monoisotopic (exact) mass is 392 g/mol. The van der Waals surface area contributed by atoms with Crippen LogP contribution in [0.25, 0.3) is 0 Å². The zero-order valence-electron chi connectivity index (χ0n) is 15.9. The van der Waals surface area contributed by atoms with Gasteiger partial charge in [0.15, 0.2) is 5.96 Å². The molecule has 3 rings (SSSR count). The lowest BCUT2D eigenvalue weighted by Gasteiger charge is -2.26. The molecule has 0 spiro atoms. The number of sulfone groups is 1. The van der Waals surface area contributed by atoms with Gasteiger partial charge in [-0.15, -0.1) is 0 Å². The van der Waals surface area contributed by atoms with Gasteiger partial charge in [0, 0.05) is 49.3 Å². The Morgan fingerprint density at radius 1 is 1.30 bits per heavy atom. The molecular formula is C19H28N4O3S. The molecule has 148 valence electrons. The van der Waals surface area contributed by atoms with Gasteiger partial charge in [-0.2, -0.15) is 0 Å². The molecule has 7 nitrogen and oxygen atoms in total. The normalized spacial score (nSPS) is 21.2. The Balaban J connectivity index is 1.64. The van der Waals surface area contributed by atoms with E-state index >= 15 is 0 Å². The van der Waals surface area contributed by atoms with Gasteiger partial charge in [-0.25, -0.2) is 8.42 Å². The van der Waals surface area contributed by atoms with Crippen LogP contribution in [-0.4, -0.2) is 51.9 Å². The molecule has 1 amide bonds. The maximum absolute atomic E-state index is 12.0. The molecule has 1 aromatic carbocycles. The maximum Gasteiger partial charge on any atom is 0.225 e. The molecule has 1 unspecified atom stereocenters. The fourth-order valence-corrected chi connectivity index (χ4v) is 5.07. The number of carbonyl (C=O) groups is 1. The Bertz CT molecular complexity index is 831. The summed E-state index contributed by atoms with van der Waals surface area (Å²) in [7, 11) is -3.00. The number of hydrogen-bond acceptors (Lipinski definition) is 4. The van der Waals surface area contributed by atoms with E-state index in [4.69, 9.17) is 0 Å². The van der Waals surface area contributed by atoms with E-state index in [-0.39, 0.29) is 23.0 Å². The summed E-state index contributed by atoms with van der Waals surface area (Å²) in [5.74, 6) is 0.956. The number of hydrogen-bond donors (Lipinski definition) is 3. The molecule has 2 aliphatic rings. The number of benzene rings is 1. The van der Waals surface area contributed by atoms with Crippen LogP contribution in [0.15, 0.2) is 29.3 Å². The number of anilines is 1. The second-order valence-corrected chi connectivity index (χ2v) is 9.82. The van der Waals surface area contributed by atoms with Gasteiger partial charge in [0.05, 0.1) is 5.75 Å². The van der Waals surface area contributed by atoms with Crippen molar-refractivity contribution in [2.45, 2.75) is 32.1 Å². The van der Waals surface area contributed by atoms with Gasteiger partial charge in [-0.3, -0.25) is 9.79 Å². The zero-order chi connectivity index (χ0) is 19.5. The standard InChI is InChI=1S/C19H28N4O3S/c1-3-20-18(22-12-19(8-9-19)13-27(2,25)26)21-11-14-10-17(24)23-16-7-5-4-6-15(14)16/h4-7,14H,3,8-13H2,1-2H3,(H,23,24)(H2,20,21,22). The summed E-state index contributed by atoms with van der Waals surface area (Å²) in [6.45, 7) is 3.79. The van der Waals surface area contributed by atoms with Crippen LogP contribution in [0.2, 0.25) is 0 Å². The lowest BCUT2D eigenvalue weighted by Crippen LogP contribution is -2.41. The van der Waals surface area contributed by atoms with Crippen LogP contribution in [0.4, 0.5) is 5.69 Å². The third kappa shape index (κ3) is 5.45. The van der Waals surface area contributed by atoms with Crippen molar-refractivity contribution in [3.8, 4) is 0 Å². The van der Waals surface area contributed by atoms with Gasteiger partial charge in [0.1, 0.15) is 9.84 Å². The molecule has 0 aromatic heterocycles. The van der Waals surface area contributed by atoms with Crippen molar-refractivity contribution in [2.75, 3.05) is 37.0 Å². The molecule has 1 heterocycles. The van der Waals surface area contributed by atoms with Gasteiger partial charge in [0.2, 0.25) is 5.91 Å². The van der Waals surface area contributed by atoms with Gasteiger partial charge in [-0.05, 0) is 31.4 Å². The summed E-state index contributed by atoms with van der Waals surface area (Å²) in [6, 6.07) is 7.85. The highest BCUT2D eigenvalue weighted by Crippen LogP contribution is 2.46. The SMILES string of the molecule is CCNC(=NCC1(CS(C)(=O)=O)CC1)NCC1CC(=O)Nc2ccccc21. The van der Waals surface area contributed by atoms with Crippen molar-refractivity contribution in [1.29, 1.82) is 0 Å². The van der Waals surface area contributed by atoms with Crippen molar-refractivity contribution in [3.05, 3.63) is 29.8 Å². The highest BCUT2D eigenvalue weighted by Gasteiger charge is 2.45. The Morgan fingerprint density at radius 2 is 2.04 bits per heavy atom. The van der Waals surface area contributed by atoms with Gasteiger partial charge >= 0.3 is 0 Å². The third-order valence-corrected chi connectivity index (χ3v) is 6.20. The smallest absolute Gasteiger partial charge is 0.225 e. The lowest BCUT2D eigenvalue weighted by molar-refractivity contribution is -0.116. The first-order chi connectivity index (χ1) is 12.8. The Morgan fingerprint density at radius 3 is 2.70 bits per heavy atom. The van der Waals surface area contributed by atoms with E-state index < -0.39 is 9.84 Å². The van der Waals surface area contributed by atoms with Gasteiger partial charge in [-0.1, -0.05) is 18.2 Å². The van der Waals surface area contributed by atoms with Crippen molar-refractivity contribution in [2.24, 2.45) is 10.4 Å². The quantitative estimate of drug-likeness (QED) is 0.482. The summed E-state index contributed by atoms with van der Waals surface area (Å²) in [5, 5.41) is 9.44. The molecule has 1 aromatic rings. The molecule has 27 heavy (non-hydrogen) atoms. The van der Waals surface area contributed by atoms with Crippen LogP contribution in [0.5, 0.6) is 0 Å². The number of nitrogens with one attached hydrogen (secondary N) is 3. The first-order valence-corrected chi connectivity index (χ1v) is 11.4. The van der Waals surface area contributed by atoms with Crippen molar-refractivity contribution in [1.82, 2.24) is 10.6 Å². The molecule has 0 radical (unpaired) electrons. The second kappa shape index (κ2) is 7.88. The molecule has 8 heteroatoms. The highest BCUT2D eigenvalue weighted by molar-refractivity contribution is 7.90. The zero-order valence-corrected chi connectivity index (χ0v) is 16.7. The van der Waals surface area contributed by atoms with Crippen LogP contribution in [0, 0.1) is 5.41 Å². The van der Waals surface area contributed by atoms with Crippen LogP contribution >= 0.6 is 0 Å². The van der Waals surface area contributed by atoms with E-state index in [9.17, 15) is 13.2 Å². The molecular weight excluding hydrogens is 364 g/mol. The van der Waals surface area contributed by atoms with Gasteiger partial charge in [0.25, 0.3) is 0 Å². The number of rotatable bonds is 7. The van der Waals surface area contributed by atoms with E-state index in [1.807, 2.05) is 31.2 Å². The first-order valence-electron chi connectivity index (χ1n) is 9.39. The highest BCUT2D eigenvalue weighted by atomic mass is 32.2. The summed E-state index contributed by atoms with van der Waals surface area (Å²) in [4.78, 5) is 16.6. The van der Waals surface area contributed by atoms with Crippen molar-refractivity contribution in [3.63, 3.8) is 0 Å². The molecule has 1 aliphatic carbocycles. The summed E-state index contributed by atoms with van der Waals surface area (Å²) >= 11 is 0. The molecule has 1 atom stereocenters. The van der Waals surface area contributed by atoms with Crippen LogP contribution in [0.1, 0.15) is 37.7 Å². The van der Waals surface area contributed by atoms with Crippen LogP contribution in [0.3, 0.4) is 0 Å². The van der Waals surface area contributed by atoms with E-state index in [0.29, 0.717) is 32.0 Å². The minimum absolute atomic E-state index is 0.0209.